The predicted molar refractivity (Wildman–Crippen MR) is 61.3 cm³/mol. The number of ether oxygens (including phenoxy) is 1. The first kappa shape index (κ1) is 11.9. The van der Waals surface area contributed by atoms with Crippen LogP contribution in [0.4, 0.5) is 0 Å². The van der Waals surface area contributed by atoms with E-state index in [9.17, 15) is 4.79 Å². The molecule has 0 bridgehead atoms. The van der Waals surface area contributed by atoms with E-state index in [1.54, 1.807) is 21.0 Å². The molecule has 0 fully saturated rings. The maximum atomic E-state index is 12.1. The molecule has 0 heterocycles. The Balaban J connectivity index is 3.17. The summed E-state index contributed by atoms with van der Waals surface area (Å²) in [4.78, 5) is 12.1. The first-order valence-corrected chi connectivity index (χ1v) is 5.05. The van der Waals surface area contributed by atoms with Gasteiger partial charge in [0.15, 0.2) is 5.78 Å². The van der Waals surface area contributed by atoms with E-state index in [4.69, 9.17) is 4.74 Å². The van der Waals surface area contributed by atoms with Crippen LogP contribution in [0.15, 0.2) is 18.2 Å². The lowest BCUT2D eigenvalue weighted by Crippen LogP contribution is -2.34. The summed E-state index contributed by atoms with van der Waals surface area (Å²) in [6.45, 7) is 7.50. The molecule has 1 aromatic carbocycles. The quantitative estimate of drug-likeness (QED) is 0.711. The molecule has 82 valence electrons. The molecule has 15 heavy (non-hydrogen) atoms. The van der Waals surface area contributed by atoms with Crippen LogP contribution in [0.1, 0.15) is 35.3 Å². The molecule has 0 amide bonds. The zero-order valence-corrected chi connectivity index (χ0v) is 10.0. The van der Waals surface area contributed by atoms with Gasteiger partial charge >= 0.3 is 0 Å². The Kier molecular flexibility index (Phi) is 3.30. The van der Waals surface area contributed by atoms with Crippen molar-refractivity contribution >= 4 is 5.78 Å². The second-order valence-corrected chi connectivity index (χ2v) is 4.36. The van der Waals surface area contributed by atoms with Crippen LogP contribution in [-0.4, -0.2) is 18.5 Å². The molecular formula is C13H18O2. The van der Waals surface area contributed by atoms with Crippen molar-refractivity contribution in [3.63, 3.8) is 0 Å². The van der Waals surface area contributed by atoms with E-state index in [1.807, 2.05) is 32.0 Å². The van der Waals surface area contributed by atoms with Crippen LogP contribution in [0, 0.1) is 13.8 Å². The Bertz CT molecular complexity index is 378. The highest BCUT2D eigenvalue weighted by Gasteiger charge is 2.29. The molecule has 0 saturated heterocycles. The maximum Gasteiger partial charge on any atom is 0.194 e. The number of Topliss-reactive ketones (excluding diaryl/α,β-unsaturated/α-hetero) is 1. The van der Waals surface area contributed by atoms with Gasteiger partial charge in [0.2, 0.25) is 0 Å². The molecular weight excluding hydrogens is 188 g/mol. The third kappa shape index (κ3) is 2.45. The molecule has 2 nitrogen and oxygen atoms in total. The minimum Gasteiger partial charge on any atom is -0.371 e. The van der Waals surface area contributed by atoms with E-state index in [0.29, 0.717) is 0 Å². The zero-order chi connectivity index (χ0) is 11.6. The number of methoxy groups -OCH3 is 1. The third-order valence-corrected chi connectivity index (χ3v) is 2.69. The van der Waals surface area contributed by atoms with Crippen LogP contribution >= 0.6 is 0 Å². The topological polar surface area (TPSA) is 26.3 Å². The molecule has 0 atom stereocenters. The SMILES string of the molecule is COC(C)(C)C(=O)c1cc(C)ccc1C. The van der Waals surface area contributed by atoms with Crippen LogP contribution in [0.5, 0.6) is 0 Å². The first-order valence-electron chi connectivity index (χ1n) is 5.05. The highest BCUT2D eigenvalue weighted by Crippen LogP contribution is 2.20. The fourth-order valence-electron chi connectivity index (χ4n) is 1.40. The molecule has 0 unspecified atom stereocenters. The monoisotopic (exact) mass is 206 g/mol. The summed E-state index contributed by atoms with van der Waals surface area (Å²) in [7, 11) is 1.56. The number of aryl methyl sites for hydroxylation is 2. The van der Waals surface area contributed by atoms with E-state index in [0.717, 1.165) is 16.7 Å². The van der Waals surface area contributed by atoms with Gasteiger partial charge in [-0.3, -0.25) is 4.79 Å². The highest BCUT2D eigenvalue weighted by atomic mass is 16.5. The van der Waals surface area contributed by atoms with Gasteiger partial charge in [-0.2, -0.15) is 0 Å². The van der Waals surface area contributed by atoms with Crippen molar-refractivity contribution < 1.29 is 9.53 Å². The van der Waals surface area contributed by atoms with Crippen molar-refractivity contribution in [3.8, 4) is 0 Å². The molecule has 0 radical (unpaired) electrons. The van der Waals surface area contributed by atoms with Crippen molar-refractivity contribution in [2.75, 3.05) is 7.11 Å². The molecule has 0 aliphatic carbocycles. The average Bonchev–Trinajstić information content (AvgIpc) is 2.20. The van der Waals surface area contributed by atoms with Crippen molar-refractivity contribution in [2.45, 2.75) is 33.3 Å². The highest BCUT2D eigenvalue weighted by molar-refractivity contribution is 6.03. The average molecular weight is 206 g/mol. The van der Waals surface area contributed by atoms with E-state index in [1.165, 1.54) is 0 Å². The Morgan fingerprint density at radius 1 is 1.27 bits per heavy atom. The van der Waals surface area contributed by atoms with Crippen LogP contribution < -0.4 is 0 Å². The lowest BCUT2D eigenvalue weighted by atomic mass is 9.92. The molecule has 0 saturated carbocycles. The third-order valence-electron chi connectivity index (χ3n) is 2.69. The molecule has 0 aliphatic rings. The molecule has 2 heteroatoms. The van der Waals surface area contributed by atoms with Crippen molar-refractivity contribution in [1.29, 1.82) is 0 Å². The summed E-state index contributed by atoms with van der Waals surface area (Å²) >= 11 is 0. The van der Waals surface area contributed by atoms with Gasteiger partial charge < -0.3 is 4.74 Å². The molecule has 0 spiro atoms. The minimum absolute atomic E-state index is 0.0335. The molecule has 0 aliphatic heterocycles. The predicted octanol–water partition coefficient (Wildman–Crippen LogP) is 2.91. The summed E-state index contributed by atoms with van der Waals surface area (Å²) in [5.41, 5.74) is 2.09. The zero-order valence-electron chi connectivity index (χ0n) is 10.0. The number of benzene rings is 1. The molecule has 1 aromatic rings. The summed E-state index contributed by atoms with van der Waals surface area (Å²) in [5, 5.41) is 0. The molecule has 1 rings (SSSR count). The number of rotatable bonds is 3. The van der Waals surface area contributed by atoms with Crippen LogP contribution in [0.25, 0.3) is 0 Å². The number of hydrogen-bond acceptors (Lipinski definition) is 2. The van der Waals surface area contributed by atoms with Gasteiger partial charge in [0, 0.05) is 12.7 Å². The second-order valence-electron chi connectivity index (χ2n) is 4.36. The van der Waals surface area contributed by atoms with Gasteiger partial charge in [-0.15, -0.1) is 0 Å². The van der Waals surface area contributed by atoms with Gasteiger partial charge in [-0.1, -0.05) is 17.7 Å². The minimum atomic E-state index is -0.751. The largest absolute Gasteiger partial charge is 0.371 e. The first-order chi connectivity index (χ1) is 6.88. The second kappa shape index (κ2) is 4.15. The van der Waals surface area contributed by atoms with Crippen molar-refractivity contribution in [2.24, 2.45) is 0 Å². The van der Waals surface area contributed by atoms with Crippen molar-refractivity contribution in [1.82, 2.24) is 0 Å². The Morgan fingerprint density at radius 2 is 1.87 bits per heavy atom. The summed E-state index contributed by atoms with van der Waals surface area (Å²) in [5.74, 6) is 0.0335. The van der Waals surface area contributed by atoms with E-state index in [2.05, 4.69) is 0 Å². The lowest BCUT2D eigenvalue weighted by Gasteiger charge is -2.22. The van der Waals surface area contributed by atoms with Crippen LogP contribution in [0.3, 0.4) is 0 Å². The number of hydrogen-bond donors (Lipinski definition) is 0. The number of carbonyl (C=O) groups is 1. The summed E-state index contributed by atoms with van der Waals surface area (Å²) in [6.07, 6.45) is 0. The smallest absolute Gasteiger partial charge is 0.194 e. The summed E-state index contributed by atoms with van der Waals surface area (Å²) in [6, 6.07) is 5.89. The van der Waals surface area contributed by atoms with Gasteiger partial charge in [0.25, 0.3) is 0 Å². The van der Waals surface area contributed by atoms with Crippen molar-refractivity contribution in [3.05, 3.63) is 34.9 Å². The van der Waals surface area contributed by atoms with Gasteiger partial charge in [0.05, 0.1) is 0 Å². The van der Waals surface area contributed by atoms with E-state index in [-0.39, 0.29) is 5.78 Å². The van der Waals surface area contributed by atoms with E-state index >= 15 is 0 Å². The normalized spacial score (nSPS) is 11.5. The standard InChI is InChI=1S/C13H18O2/c1-9-6-7-10(2)11(8-9)12(14)13(3,4)15-5/h6-8H,1-5H3. The van der Waals surface area contributed by atoms with Crippen LogP contribution in [0.2, 0.25) is 0 Å². The lowest BCUT2D eigenvalue weighted by molar-refractivity contribution is 0.0227. The Morgan fingerprint density at radius 3 is 2.40 bits per heavy atom. The van der Waals surface area contributed by atoms with Gasteiger partial charge in [0.1, 0.15) is 5.60 Å². The number of ketones is 1. The Hall–Kier alpha value is -1.15. The Labute approximate surface area is 91.3 Å². The van der Waals surface area contributed by atoms with E-state index < -0.39 is 5.60 Å². The molecule has 0 N–H and O–H groups in total. The maximum absolute atomic E-state index is 12.1. The molecule has 0 aromatic heterocycles. The number of carbonyl (C=O) groups excluding carboxylic acids is 1. The fourth-order valence-corrected chi connectivity index (χ4v) is 1.40. The summed E-state index contributed by atoms with van der Waals surface area (Å²) < 4.78 is 5.20. The van der Waals surface area contributed by atoms with Crippen LogP contribution in [-0.2, 0) is 4.74 Å². The van der Waals surface area contributed by atoms with Gasteiger partial charge in [-0.05, 0) is 39.3 Å². The van der Waals surface area contributed by atoms with Gasteiger partial charge in [-0.25, -0.2) is 0 Å². The fraction of sp³-hybridized carbons (Fsp3) is 0.462.